The lowest BCUT2D eigenvalue weighted by atomic mass is 10.1. The summed E-state index contributed by atoms with van der Waals surface area (Å²) in [6, 6.07) is 4.11. The molecule has 1 aromatic rings. The van der Waals surface area contributed by atoms with Crippen LogP contribution < -0.4 is 15.2 Å². The van der Waals surface area contributed by atoms with Crippen molar-refractivity contribution < 1.29 is 9.47 Å². The summed E-state index contributed by atoms with van der Waals surface area (Å²) in [6.07, 6.45) is 4.12. The van der Waals surface area contributed by atoms with E-state index in [9.17, 15) is 0 Å². The highest BCUT2D eigenvalue weighted by atomic mass is 79.9. The van der Waals surface area contributed by atoms with Crippen LogP contribution in [0, 0.1) is 0 Å². The molecule has 0 fully saturated rings. The molecule has 0 radical (unpaired) electrons. The topological polar surface area (TPSA) is 44.5 Å². The predicted octanol–water partition coefficient (Wildman–Crippen LogP) is 2.89. The molecule has 0 aromatic heterocycles. The number of benzene rings is 1. The van der Waals surface area contributed by atoms with Gasteiger partial charge in [0.05, 0.1) is 17.7 Å². The minimum absolute atomic E-state index is 0.720. The van der Waals surface area contributed by atoms with E-state index >= 15 is 0 Å². The standard InChI is InChI=1S/C13H18BrNO2/c14-12-10(4-1-2-7-15)5-6-11-13(12)17-9-3-8-16-11/h5-6H,1-4,7-9,15H2. The predicted molar refractivity (Wildman–Crippen MR) is 71.7 cm³/mol. The van der Waals surface area contributed by atoms with Gasteiger partial charge >= 0.3 is 0 Å². The van der Waals surface area contributed by atoms with E-state index in [2.05, 4.69) is 22.0 Å². The van der Waals surface area contributed by atoms with Crippen LogP contribution in [0.25, 0.3) is 0 Å². The van der Waals surface area contributed by atoms with E-state index < -0.39 is 0 Å². The Kier molecular flexibility index (Phi) is 4.68. The van der Waals surface area contributed by atoms with Crippen molar-refractivity contribution in [3.05, 3.63) is 22.2 Å². The number of hydrogen-bond acceptors (Lipinski definition) is 3. The molecule has 2 rings (SSSR count). The lowest BCUT2D eigenvalue weighted by molar-refractivity contribution is 0.296. The third-order valence-electron chi connectivity index (χ3n) is 2.83. The molecule has 0 amide bonds. The summed E-state index contributed by atoms with van der Waals surface area (Å²) in [5.74, 6) is 1.70. The van der Waals surface area contributed by atoms with Gasteiger partial charge in [-0.15, -0.1) is 0 Å². The number of nitrogens with two attached hydrogens (primary N) is 1. The quantitative estimate of drug-likeness (QED) is 0.870. The summed E-state index contributed by atoms with van der Waals surface area (Å²) in [7, 11) is 0. The molecular weight excluding hydrogens is 282 g/mol. The van der Waals surface area contributed by atoms with Gasteiger partial charge in [0, 0.05) is 6.42 Å². The van der Waals surface area contributed by atoms with Crippen molar-refractivity contribution in [1.82, 2.24) is 0 Å². The smallest absolute Gasteiger partial charge is 0.175 e. The number of rotatable bonds is 4. The molecule has 3 nitrogen and oxygen atoms in total. The molecule has 0 atom stereocenters. The highest BCUT2D eigenvalue weighted by Crippen LogP contribution is 2.39. The van der Waals surface area contributed by atoms with Crippen LogP contribution in [-0.2, 0) is 6.42 Å². The van der Waals surface area contributed by atoms with Crippen LogP contribution in [0.4, 0.5) is 0 Å². The molecule has 0 saturated heterocycles. The van der Waals surface area contributed by atoms with Crippen LogP contribution in [0.5, 0.6) is 11.5 Å². The van der Waals surface area contributed by atoms with Crippen LogP contribution in [0.1, 0.15) is 24.8 Å². The van der Waals surface area contributed by atoms with Gasteiger partial charge in [-0.05, 0) is 53.4 Å². The summed E-state index contributed by atoms with van der Waals surface area (Å²) in [5, 5.41) is 0. The zero-order valence-corrected chi connectivity index (χ0v) is 11.5. The summed E-state index contributed by atoms with van der Waals surface area (Å²) < 4.78 is 12.4. The van der Waals surface area contributed by atoms with Gasteiger partial charge in [0.2, 0.25) is 0 Å². The van der Waals surface area contributed by atoms with E-state index in [1.54, 1.807) is 0 Å². The van der Waals surface area contributed by atoms with Crippen molar-refractivity contribution in [3.8, 4) is 11.5 Å². The molecule has 0 bridgehead atoms. The molecule has 0 aliphatic carbocycles. The summed E-state index contributed by atoms with van der Waals surface area (Å²) in [5.41, 5.74) is 6.77. The zero-order chi connectivity index (χ0) is 12.1. The lowest BCUT2D eigenvalue weighted by Crippen LogP contribution is -2.00. The van der Waals surface area contributed by atoms with Crippen molar-refractivity contribution in [3.63, 3.8) is 0 Å². The number of fused-ring (bicyclic) bond motifs is 1. The van der Waals surface area contributed by atoms with Crippen LogP contribution in [0.2, 0.25) is 0 Å². The van der Waals surface area contributed by atoms with E-state index in [1.165, 1.54) is 5.56 Å². The van der Waals surface area contributed by atoms with Crippen molar-refractivity contribution in [2.75, 3.05) is 19.8 Å². The van der Waals surface area contributed by atoms with Crippen molar-refractivity contribution in [1.29, 1.82) is 0 Å². The Labute approximate surface area is 110 Å². The first-order valence-corrected chi connectivity index (χ1v) is 6.89. The van der Waals surface area contributed by atoms with E-state index in [-0.39, 0.29) is 0 Å². The maximum absolute atomic E-state index is 5.73. The Morgan fingerprint density at radius 2 is 2.00 bits per heavy atom. The van der Waals surface area contributed by atoms with E-state index in [0.29, 0.717) is 0 Å². The highest BCUT2D eigenvalue weighted by molar-refractivity contribution is 9.10. The molecule has 0 unspecified atom stereocenters. The average Bonchev–Trinajstić information content (AvgIpc) is 2.58. The molecule has 94 valence electrons. The molecule has 4 heteroatoms. The molecule has 0 spiro atoms. The van der Waals surface area contributed by atoms with Crippen LogP contribution in [0.15, 0.2) is 16.6 Å². The van der Waals surface area contributed by atoms with Crippen LogP contribution in [-0.4, -0.2) is 19.8 Å². The minimum Gasteiger partial charge on any atom is -0.490 e. The van der Waals surface area contributed by atoms with E-state index in [0.717, 1.165) is 61.4 Å². The number of unbranched alkanes of at least 4 members (excludes halogenated alkanes) is 1. The molecule has 1 aliphatic heterocycles. The third kappa shape index (κ3) is 3.13. The lowest BCUT2D eigenvalue weighted by Gasteiger charge is -2.12. The van der Waals surface area contributed by atoms with Gasteiger partial charge < -0.3 is 15.2 Å². The van der Waals surface area contributed by atoms with Gasteiger partial charge in [-0.25, -0.2) is 0 Å². The van der Waals surface area contributed by atoms with Gasteiger partial charge in [0.1, 0.15) is 0 Å². The number of halogens is 1. The largest absolute Gasteiger partial charge is 0.490 e. The second kappa shape index (κ2) is 6.26. The van der Waals surface area contributed by atoms with Crippen LogP contribution >= 0.6 is 15.9 Å². The van der Waals surface area contributed by atoms with Gasteiger partial charge in [-0.1, -0.05) is 6.07 Å². The average molecular weight is 300 g/mol. The maximum atomic E-state index is 5.73. The van der Waals surface area contributed by atoms with Gasteiger partial charge in [-0.3, -0.25) is 0 Å². The van der Waals surface area contributed by atoms with E-state index in [1.807, 2.05) is 6.07 Å². The van der Waals surface area contributed by atoms with E-state index in [4.69, 9.17) is 15.2 Å². The maximum Gasteiger partial charge on any atom is 0.175 e. The fraction of sp³-hybridized carbons (Fsp3) is 0.538. The van der Waals surface area contributed by atoms with Gasteiger partial charge in [0.25, 0.3) is 0 Å². The Morgan fingerprint density at radius 3 is 2.82 bits per heavy atom. The fourth-order valence-corrected chi connectivity index (χ4v) is 2.54. The second-order valence-electron chi connectivity index (χ2n) is 4.16. The normalized spacial score (nSPS) is 14.5. The minimum atomic E-state index is 0.720. The molecule has 0 saturated carbocycles. The summed E-state index contributed by atoms with van der Waals surface area (Å²) >= 11 is 3.62. The van der Waals surface area contributed by atoms with Crippen molar-refractivity contribution in [2.24, 2.45) is 5.73 Å². The number of ether oxygens (including phenoxy) is 2. The SMILES string of the molecule is NCCCCc1ccc2c(c1Br)OCCCO2. The van der Waals surface area contributed by atoms with Gasteiger partial charge in [0.15, 0.2) is 11.5 Å². The van der Waals surface area contributed by atoms with Gasteiger partial charge in [-0.2, -0.15) is 0 Å². The Balaban J connectivity index is 2.16. The molecule has 1 aliphatic rings. The first kappa shape index (κ1) is 12.7. The Bertz CT molecular complexity index is 382. The monoisotopic (exact) mass is 299 g/mol. The summed E-state index contributed by atoms with van der Waals surface area (Å²) in [4.78, 5) is 0. The summed E-state index contributed by atoms with van der Waals surface area (Å²) in [6.45, 7) is 2.20. The first-order valence-electron chi connectivity index (χ1n) is 6.10. The number of aryl methyl sites for hydroxylation is 1. The molecule has 1 aromatic carbocycles. The van der Waals surface area contributed by atoms with Crippen molar-refractivity contribution >= 4 is 15.9 Å². The zero-order valence-electron chi connectivity index (χ0n) is 9.88. The number of hydrogen-bond donors (Lipinski definition) is 1. The Hall–Kier alpha value is -0.740. The fourth-order valence-electron chi connectivity index (χ4n) is 1.90. The van der Waals surface area contributed by atoms with Crippen molar-refractivity contribution in [2.45, 2.75) is 25.7 Å². The van der Waals surface area contributed by atoms with Crippen LogP contribution in [0.3, 0.4) is 0 Å². The third-order valence-corrected chi connectivity index (χ3v) is 3.70. The molecular formula is C13H18BrNO2. The Morgan fingerprint density at radius 1 is 1.18 bits per heavy atom. The first-order chi connectivity index (χ1) is 8.33. The molecule has 17 heavy (non-hydrogen) atoms. The highest BCUT2D eigenvalue weighted by Gasteiger charge is 2.16. The second-order valence-corrected chi connectivity index (χ2v) is 4.96. The molecule has 2 N–H and O–H groups in total. The molecule has 1 heterocycles.